The highest BCUT2D eigenvalue weighted by Crippen LogP contribution is 2.36. The van der Waals surface area contributed by atoms with Crippen molar-refractivity contribution in [2.75, 3.05) is 25.1 Å². The molecule has 2 atom stereocenters. The molecule has 0 saturated carbocycles. The highest BCUT2D eigenvalue weighted by atomic mass is 32.2. The second-order valence-electron chi connectivity index (χ2n) is 6.10. The molecule has 3 N–H and O–H groups in total. The number of carbonyl (C=O) groups is 1. The summed E-state index contributed by atoms with van der Waals surface area (Å²) in [6, 6.07) is 7.31. The zero-order chi connectivity index (χ0) is 18.5. The van der Waals surface area contributed by atoms with Crippen LogP contribution in [0.15, 0.2) is 34.1 Å². The van der Waals surface area contributed by atoms with E-state index in [-0.39, 0.29) is 18.2 Å². The molecule has 1 saturated heterocycles. The number of aromatic nitrogens is 2. The third-order valence-electron chi connectivity index (χ3n) is 4.13. The van der Waals surface area contributed by atoms with Gasteiger partial charge in [0.05, 0.1) is 35.5 Å². The van der Waals surface area contributed by atoms with Crippen molar-refractivity contribution in [3.63, 3.8) is 0 Å². The molecule has 1 fully saturated rings. The van der Waals surface area contributed by atoms with E-state index in [1.807, 2.05) is 45.0 Å². The fourth-order valence-corrected chi connectivity index (χ4v) is 3.82. The van der Waals surface area contributed by atoms with Crippen LogP contribution in [0.1, 0.15) is 18.3 Å². The van der Waals surface area contributed by atoms with Crippen LogP contribution in [-0.2, 0) is 9.47 Å². The monoisotopic (exact) mass is 376 g/mol. The maximum Gasteiger partial charge on any atom is 0.319 e. The van der Waals surface area contributed by atoms with Gasteiger partial charge in [-0.15, -0.1) is 0 Å². The Labute approximate surface area is 157 Å². The van der Waals surface area contributed by atoms with Crippen molar-refractivity contribution >= 4 is 23.5 Å². The lowest BCUT2D eigenvalue weighted by atomic mass is 10.2. The first-order chi connectivity index (χ1) is 12.6. The maximum absolute atomic E-state index is 12.4. The first-order valence-corrected chi connectivity index (χ1v) is 9.45. The van der Waals surface area contributed by atoms with Crippen LogP contribution in [-0.4, -0.2) is 48.2 Å². The average molecular weight is 376 g/mol. The number of carbonyl (C=O) groups excluding carboxylic acids is 1. The van der Waals surface area contributed by atoms with Gasteiger partial charge >= 0.3 is 6.03 Å². The predicted molar refractivity (Wildman–Crippen MR) is 101 cm³/mol. The number of para-hydroxylation sites is 1. The van der Waals surface area contributed by atoms with E-state index in [4.69, 9.17) is 9.47 Å². The van der Waals surface area contributed by atoms with Crippen molar-refractivity contribution in [2.45, 2.75) is 42.7 Å². The molecular formula is C18H24N4O3S. The van der Waals surface area contributed by atoms with Crippen LogP contribution in [0.5, 0.6) is 0 Å². The summed E-state index contributed by atoms with van der Waals surface area (Å²) >= 11 is 1.58. The third-order valence-corrected chi connectivity index (χ3v) is 5.51. The van der Waals surface area contributed by atoms with Crippen molar-refractivity contribution in [3.05, 3.63) is 35.7 Å². The molecule has 1 aromatic carbocycles. The van der Waals surface area contributed by atoms with Crippen LogP contribution in [0.4, 0.5) is 10.5 Å². The number of urea groups is 1. The summed E-state index contributed by atoms with van der Waals surface area (Å²) in [6.07, 6.45) is -0.105. The molecule has 0 radical (unpaired) electrons. The van der Waals surface area contributed by atoms with E-state index in [0.29, 0.717) is 19.8 Å². The summed E-state index contributed by atoms with van der Waals surface area (Å²) in [5.74, 6) is 0. The van der Waals surface area contributed by atoms with Gasteiger partial charge in [-0.2, -0.15) is 5.10 Å². The number of hydrogen-bond acceptors (Lipinski definition) is 5. The summed E-state index contributed by atoms with van der Waals surface area (Å²) in [5, 5.41) is 13.1. The van der Waals surface area contributed by atoms with Gasteiger partial charge in [0, 0.05) is 17.2 Å². The Morgan fingerprint density at radius 1 is 1.38 bits per heavy atom. The van der Waals surface area contributed by atoms with E-state index in [2.05, 4.69) is 20.8 Å². The van der Waals surface area contributed by atoms with Gasteiger partial charge in [-0.25, -0.2) is 4.79 Å². The second-order valence-corrected chi connectivity index (χ2v) is 7.15. The quantitative estimate of drug-likeness (QED) is 0.721. The van der Waals surface area contributed by atoms with Gasteiger partial charge in [-0.05, 0) is 32.9 Å². The largest absolute Gasteiger partial charge is 0.376 e. The van der Waals surface area contributed by atoms with Crippen molar-refractivity contribution in [2.24, 2.45) is 0 Å². The fourth-order valence-electron chi connectivity index (χ4n) is 2.83. The Morgan fingerprint density at radius 3 is 2.92 bits per heavy atom. The van der Waals surface area contributed by atoms with E-state index in [9.17, 15) is 4.79 Å². The van der Waals surface area contributed by atoms with Crippen LogP contribution in [0.3, 0.4) is 0 Å². The number of anilines is 1. The number of nitrogens with zero attached hydrogens (tertiary/aromatic N) is 1. The maximum atomic E-state index is 12.4. The molecule has 0 spiro atoms. The third kappa shape index (κ3) is 4.38. The van der Waals surface area contributed by atoms with Crippen molar-refractivity contribution in [3.8, 4) is 0 Å². The first-order valence-electron chi connectivity index (χ1n) is 8.63. The second kappa shape index (κ2) is 8.57. The Balaban J connectivity index is 1.67. The number of H-pyrrole nitrogens is 1. The SMILES string of the molecule is CCO[C@@H]1COC[C@H]1NC(=O)Nc1ccccc1Sc1c(C)n[nH]c1C. The molecule has 2 aromatic rings. The number of benzene rings is 1. The molecule has 26 heavy (non-hydrogen) atoms. The van der Waals surface area contributed by atoms with E-state index < -0.39 is 0 Å². The Bertz CT molecular complexity index is 745. The lowest BCUT2D eigenvalue weighted by molar-refractivity contribution is 0.0428. The van der Waals surface area contributed by atoms with E-state index >= 15 is 0 Å². The molecule has 1 aromatic heterocycles. The normalized spacial score (nSPS) is 19.5. The number of amides is 2. The van der Waals surface area contributed by atoms with Crippen molar-refractivity contribution < 1.29 is 14.3 Å². The molecule has 2 amide bonds. The van der Waals surface area contributed by atoms with E-state index in [0.717, 1.165) is 26.9 Å². The molecule has 8 heteroatoms. The number of aryl methyl sites for hydroxylation is 2. The first kappa shape index (κ1) is 18.8. The molecule has 3 rings (SSSR count). The Kier molecular flexibility index (Phi) is 6.18. The van der Waals surface area contributed by atoms with Gasteiger partial charge in [0.25, 0.3) is 0 Å². The molecule has 0 unspecified atom stereocenters. The number of ether oxygens (including phenoxy) is 2. The summed E-state index contributed by atoms with van der Waals surface area (Å²) in [5.41, 5.74) is 2.70. The average Bonchev–Trinajstić information content (AvgIpc) is 3.18. The van der Waals surface area contributed by atoms with Crippen molar-refractivity contribution in [1.29, 1.82) is 0 Å². The summed E-state index contributed by atoms with van der Waals surface area (Å²) < 4.78 is 11.0. The van der Waals surface area contributed by atoms with Crippen LogP contribution < -0.4 is 10.6 Å². The number of aromatic amines is 1. The Hall–Kier alpha value is -2.03. The lowest BCUT2D eigenvalue weighted by Gasteiger charge is -2.19. The summed E-state index contributed by atoms with van der Waals surface area (Å²) in [7, 11) is 0. The van der Waals surface area contributed by atoms with Crippen molar-refractivity contribution in [1.82, 2.24) is 15.5 Å². The molecule has 0 bridgehead atoms. The van der Waals surface area contributed by atoms with Gasteiger partial charge in [0.15, 0.2) is 0 Å². The zero-order valence-corrected chi connectivity index (χ0v) is 16.0. The molecule has 1 aliphatic heterocycles. The topological polar surface area (TPSA) is 88.3 Å². The highest BCUT2D eigenvalue weighted by molar-refractivity contribution is 7.99. The summed E-state index contributed by atoms with van der Waals surface area (Å²) in [6.45, 7) is 7.44. The highest BCUT2D eigenvalue weighted by Gasteiger charge is 2.30. The minimum absolute atomic E-state index is 0.105. The number of nitrogens with one attached hydrogen (secondary N) is 3. The predicted octanol–water partition coefficient (Wildman–Crippen LogP) is 3.10. The minimum atomic E-state index is -0.265. The number of hydrogen-bond donors (Lipinski definition) is 3. The molecule has 2 heterocycles. The summed E-state index contributed by atoms with van der Waals surface area (Å²) in [4.78, 5) is 14.5. The number of rotatable bonds is 6. The van der Waals surface area contributed by atoms with Gasteiger partial charge in [-0.1, -0.05) is 23.9 Å². The van der Waals surface area contributed by atoms with Gasteiger partial charge < -0.3 is 20.1 Å². The fraction of sp³-hybridized carbons (Fsp3) is 0.444. The lowest BCUT2D eigenvalue weighted by Crippen LogP contribution is -2.45. The van der Waals surface area contributed by atoms with Gasteiger partial charge in [0.2, 0.25) is 0 Å². The zero-order valence-electron chi connectivity index (χ0n) is 15.2. The van der Waals surface area contributed by atoms with Crippen LogP contribution in [0.25, 0.3) is 0 Å². The Morgan fingerprint density at radius 2 is 2.19 bits per heavy atom. The standard InChI is InChI=1S/C18H24N4O3S/c1-4-25-15-10-24-9-14(15)20-18(23)19-13-7-5-6-8-16(13)26-17-11(2)21-22-12(17)3/h5-8,14-15H,4,9-10H2,1-3H3,(H,21,22)(H2,19,20,23)/t14-,15-/m1/s1. The minimum Gasteiger partial charge on any atom is -0.376 e. The van der Waals surface area contributed by atoms with Crippen LogP contribution in [0, 0.1) is 13.8 Å². The molecule has 1 aliphatic rings. The van der Waals surface area contributed by atoms with Crippen LogP contribution >= 0.6 is 11.8 Å². The smallest absolute Gasteiger partial charge is 0.319 e. The molecule has 7 nitrogen and oxygen atoms in total. The molecule has 140 valence electrons. The molecular weight excluding hydrogens is 352 g/mol. The molecule has 0 aliphatic carbocycles. The van der Waals surface area contributed by atoms with E-state index in [1.165, 1.54) is 0 Å². The van der Waals surface area contributed by atoms with Gasteiger partial charge in [-0.3, -0.25) is 5.10 Å². The van der Waals surface area contributed by atoms with Gasteiger partial charge in [0.1, 0.15) is 6.10 Å². The van der Waals surface area contributed by atoms with Crippen LogP contribution in [0.2, 0.25) is 0 Å². The van der Waals surface area contributed by atoms with E-state index in [1.54, 1.807) is 11.8 Å².